The number of nitrogens with zero attached hydrogens (tertiary/aromatic N) is 1. The van der Waals surface area contributed by atoms with Crippen molar-refractivity contribution >= 4 is 10.9 Å². The van der Waals surface area contributed by atoms with E-state index in [1.54, 1.807) is 0 Å². The largest absolute Gasteiger partial charge is 0.348 e. The van der Waals surface area contributed by atoms with Gasteiger partial charge in [0.2, 0.25) is 0 Å². The number of aromatic nitrogens is 1. The molecule has 0 saturated carbocycles. The van der Waals surface area contributed by atoms with E-state index in [-0.39, 0.29) is 0 Å². The highest BCUT2D eigenvalue weighted by Gasteiger charge is 2.02. The van der Waals surface area contributed by atoms with E-state index >= 15 is 0 Å². The molecule has 0 radical (unpaired) electrons. The Morgan fingerprint density at radius 1 is 1.31 bits per heavy atom. The van der Waals surface area contributed by atoms with Crippen LogP contribution in [-0.2, 0) is 13.5 Å². The van der Waals surface area contributed by atoms with Gasteiger partial charge < -0.3 is 10.3 Å². The number of rotatable bonds is 2. The highest BCUT2D eigenvalue weighted by atomic mass is 14.9. The molecule has 0 aliphatic heterocycles. The van der Waals surface area contributed by atoms with Crippen molar-refractivity contribution in [3.05, 3.63) is 36.0 Å². The summed E-state index contributed by atoms with van der Waals surface area (Å²) in [6, 6.07) is 10.6. The maximum Gasteiger partial charge on any atom is 0.0479 e. The lowest BCUT2D eigenvalue weighted by Gasteiger charge is -2.01. The van der Waals surface area contributed by atoms with Crippen molar-refractivity contribution in [2.75, 3.05) is 6.54 Å². The van der Waals surface area contributed by atoms with Crippen LogP contribution in [0.4, 0.5) is 0 Å². The van der Waals surface area contributed by atoms with Gasteiger partial charge in [-0.2, -0.15) is 0 Å². The molecule has 1 aromatic heterocycles. The summed E-state index contributed by atoms with van der Waals surface area (Å²) in [7, 11) is 2.09. The van der Waals surface area contributed by atoms with Crippen LogP contribution in [0.2, 0.25) is 0 Å². The standard InChI is InChI=1S/C11H14N2/c1-13-10(6-7-12)8-9-4-2-3-5-11(9)13/h2-5,8H,6-7,12H2,1H3. The molecule has 68 valence electrons. The van der Waals surface area contributed by atoms with Gasteiger partial charge in [0.15, 0.2) is 0 Å². The minimum Gasteiger partial charge on any atom is -0.348 e. The van der Waals surface area contributed by atoms with Gasteiger partial charge in [-0.1, -0.05) is 18.2 Å². The molecule has 2 aromatic rings. The van der Waals surface area contributed by atoms with Gasteiger partial charge in [-0.25, -0.2) is 0 Å². The zero-order chi connectivity index (χ0) is 9.26. The highest BCUT2D eigenvalue weighted by molar-refractivity contribution is 5.81. The van der Waals surface area contributed by atoms with Crippen LogP contribution in [0.5, 0.6) is 0 Å². The summed E-state index contributed by atoms with van der Waals surface area (Å²) in [4.78, 5) is 0. The molecule has 0 atom stereocenters. The third kappa shape index (κ3) is 1.33. The van der Waals surface area contributed by atoms with E-state index in [9.17, 15) is 0 Å². The fraction of sp³-hybridized carbons (Fsp3) is 0.273. The van der Waals surface area contributed by atoms with Crippen LogP contribution in [0, 0.1) is 0 Å². The van der Waals surface area contributed by atoms with Gasteiger partial charge in [-0.3, -0.25) is 0 Å². The minimum atomic E-state index is 0.712. The Labute approximate surface area is 78.0 Å². The third-order valence-electron chi connectivity index (χ3n) is 2.45. The second-order valence-corrected chi connectivity index (χ2v) is 3.29. The Balaban J connectivity index is 2.60. The van der Waals surface area contributed by atoms with E-state index in [1.165, 1.54) is 16.6 Å². The van der Waals surface area contributed by atoms with Crippen molar-refractivity contribution in [3.8, 4) is 0 Å². The van der Waals surface area contributed by atoms with Crippen LogP contribution in [-0.4, -0.2) is 11.1 Å². The molecule has 0 bridgehead atoms. The summed E-state index contributed by atoms with van der Waals surface area (Å²) in [5.74, 6) is 0. The van der Waals surface area contributed by atoms with Crippen molar-refractivity contribution in [1.29, 1.82) is 0 Å². The molecule has 1 heterocycles. The summed E-state index contributed by atoms with van der Waals surface area (Å²) in [6.07, 6.45) is 0.950. The number of hydrogen-bond donors (Lipinski definition) is 1. The molecular formula is C11H14N2. The van der Waals surface area contributed by atoms with Crippen molar-refractivity contribution in [2.45, 2.75) is 6.42 Å². The molecule has 0 fully saturated rings. The van der Waals surface area contributed by atoms with Crippen molar-refractivity contribution in [3.63, 3.8) is 0 Å². The number of benzene rings is 1. The zero-order valence-corrected chi connectivity index (χ0v) is 7.83. The predicted octanol–water partition coefficient (Wildman–Crippen LogP) is 1.68. The lowest BCUT2D eigenvalue weighted by Crippen LogP contribution is -2.06. The molecule has 0 spiro atoms. The van der Waals surface area contributed by atoms with Gasteiger partial charge in [0.25, 0.3) is 0 Å². The Morgan fingerprint density at radius 2 is 2.08 bits per heavy atom. The Morgan fingerprint density at radius 3 is 2.77 bits per heavy atom. The van der Waals surface area contributed by atoms with E-state index in [1.807, 2.05) is 0 Å². The lowest BCUT2D eigenvalue weighted by molar-refractivity contribution is 0.827. The van der Waals surface area contributed by atoms with E-state index in [0.29, 0.717) is 6.54 Å². The molecule has 0 aliphatic carbocycles. The van der Waals surface area contributed by atoms with Crippen LogP contribution >= 0.6 is 0 Å². The Kier molecular flexibility index (Phi) is 2.07. The molecule has 0 unspecified atom stereocenters. The van der Waals surface area contributed by atoms with Crippen LogP contribution in [0.25, 0.3) is 10.9 Å². The molecule has 0 amide bonds. The maximum atomic E-state index is 5.54. The van der Waals surface area contributed by atoms with Crippen LogP contribution in [0.3, 0.4) is 0 Å². The first-order valence-electron chi connectivity index (χ1n) is 4.56. The number of nitrogens with two attached hydrogens (primary N) is 1. The molecular weight excluding hydrogens is 160 g/mol. The van der Waals surface area contributed by atoms with E-state index in [4.69, 9.17) is 5.73 Å². The fourth-order valence-electron chi connectivity index (χ4n) is 1.73. The van der Waals surface area contributed by atoms with E-state index in [0.717, 1.165) is 6.42 Å². The second-order valence-electron chi connectivity index (χ2n) is 3.29. The molecule has 2 heteroatoms. The monoisotopic (exact) mass is 174 g/mol. The van der Waals surface area contributed by atoms with Crippen molar-refractivity contribution < 1.29 is 0 Å². The van der Waals surface area contributed by atoms with Crippen LogP contribution < -0.4 is 5.73 Å². The normalized spacial score (nSPS) is 10.9. The van der Waals surface area contributed by atoms with Gasteiger partial charge in [-0.15, -0.1) is 0 Å². The smallest absolute Gasteiger partial charge is 0.0479 e. The summed E-state index contributed by atoms with van der Waals surface area (Å²) in [5, 5.41) is 1.30. The van der Waals surface area contributed by atoms with E-state index in [2.05, 4.69) is 41.9 Å². The molecule has 0 aliphatic rings. The van der Waals surface area contributed by atoms with Crippen molar-refractivity contribution in [2.24, 2.45) is 12.8 Å². The Hall–Kier alpha value is -1.28. The number of para-hydroxylation sites is 1. The first-order chi connectivity index (χ1) is 6.33. The minimum absolute atomic E-state index is 0.712. The lowest BCUT2D eigenvalue weighted by atomic mass is 10.2. The first kappa shape index (κ1) is 8.32. The van der Waals surface area contributed by atoms with Gasteiger partial charge in [-0.05, 0) is 30.5 Å². The molecule has 2 nitrogen and oxygen atoms in total. The van der Waals surface area contributed by atoms with E-state index < -0.39 is 0 Å². The average Bonchev–Trinajstić information content (AvgIpc) is 2.46. The van der Waals surface area contributed by atoms with Gasteiger partial charge >= 0.3 is 0 Å². The summed E-state index contributed by atoms with van der Waals surface area (Å²) in [6.45, 7) is 0.712. The van der Waals surface area contributed by atoms with Crippen molar-refractivity contribution in [1.82, 2.24) is 4.57 Å². The zero-order valence-electron chi connectivity index (χ0n) is 7.83. The van der Waals surface area contributed by atoms with Crippen LogP contribution in [0.1, 0.15) is 5.69 Å². The molecule has 13 heavy (non-hydrogen) atoms. The number of aryl methyl sites for hydroxylation is 1. The number of hydrogen-bond acceptors (Lipinski definition) is 1. The summed E-state index contributed by atoms with van der Waals surface area (Å²) in [5.41, 5.74) is 8.13. The molecule has 1 aromatic carbocycles. The first-order valence-corrected chi connectivity index (χ1v) is 4.56. The molecule has 2 rings (SSSR count). The van der Waals surface area contributed by atoms with Gasteiger partial charge in [0.05, 0.1) is 0 Å². The summed E-state index contributed by atoms with van der Waals surface area (Å²) >= 11 is 0. The predicted molar refractivity (Wildman–Crippen MR) is 55.7 cm³/mol. The van der Waals surface area contributed by atoms with Gasteiger partial charge in [0, 0.05) is 18.3 Å². The van der Waals surface area contributed by atoms with Gasteiger partial charge in [0.1, 0.15) is 0 Å². The second kappa shape index (κ2) is 3.23. The number of fused-ring (bicyclic) bond motifs is 1. The van der Waals surface area contributed by atoms with Crippen LogP contribution in [0.15, 0.2) is 30.3 Å². The molecule has 0 saturated heterocycles. The maximum absolute atomic E-state index is 5.54. The third-order valence-corrected chi connectivity index (χ3v) is 2.45. The fourth-order valence-corrected chi connectivity index (χ4v) is 1.73. The SMILES string of the molecule is Cn1c(CCN)cc2ccccc21. The molecule has 2 N–H and O–H groups in total. The highest BCUT2D eigenvalue weighted by Crippen LogP contribution is 2.17. The summed E-state index contributed by atoms with van der Waals surface area (Å²) < 4.78 is 2.21. The quantitative estimate of drug-likeness (QED) is 0.737. The Bertz CT molecular complexity index is 415. The topological polar surface area (TPSA) is 30.9 Å². The average molecular weight is 174 g/mol.